The van der Waals surface area contributed by atoms with Gasteiger partial charge in [-0.15, -0.1) is 11.8 Å². The Kier molecular flexibility index (Phi) is 7.96. The molecule has 0 saturated carbocycles. The SMILES string of the molecule is N#Cc1ccc(Cl)cc1NC(=O)COC(=O)c1ccc(CSc2ccc(Cl)cc2)cc1. The standard InChI is InChI=1S/C23H16Cl2N2O3S/c24-18-7-9-20(10-8-18)31-14-15-1-3-16(4-2-15)23(29)30-13-22(28)27-21-11-19(25)6-5-17(21)12-26/h1-11H,13-14H2,(H,27,28). The van der Waals surface area contributed by atoms with E-state index in [4.69, 9.17) is 33.2 Å². The van der Waals surface area contributed by atoms with Crippen molar-refractivity contribution in [2.24, 2.45) is 0 Å². The summed E-state index contributed by atoms with van der Waals surface area (Å²) in [5.41, 5.74) is 1.91. The lowest BCUT2D eigenvalue weighted by atomic mass is 10.1. The first-order valence-electron chi connectivity index (χ1n) is 9.08. The largest absolute Gasteiger partial charge is 0.452 e. The predicted octanol–water partition coefficient (Wildman–Crippen LogP) is 5.95. The third-order valence-electron chi connectivity index (χ3n) is 4.12. The smallest absolute Gasteiger partial charge is 0.338 e. The molecule has 3 aromatic rings. The van der Waals surface area contributed by atoms with E-state index in [1.165, 1.54) is 12.1 Å². The summed E-state index contributed by atoms with van der Waals surface area (Å²) in [6.07, 6.45) is 0. The highest BCUT2D eigenvalue weighted by molar-refractivity contribution is 7.98. The highest BCUT2D eigenvalue weighted by atomic mass is 35.5. The van der Waals surface area contributed by atoms with E-state index >= 15 is 0 Å². The molecule has 1 amide bonds. The van der Waals surface area contributed by atoms with Crippen molar-refractivity contribution in [1.82, 2.24) is 0 Å². The van der Waals surface area contributed by atoms with Gasteiger partial charge in [0.1, 0.15) is 6.07 Å². The third-order valence-corrected chi connectivity index (χ3v) is 5.69. The number of halogens is 2. The number of amides is 1. The molecule has 0 bridgehead atoms. The van der Waals surface area contributed by atoms with E-state index in [9.17, 15) is 9.59 Å². The van der Waals surface area contributed by atoms with Gasteiger partial charge in [-0.3, -0.25) is 4.79 Å². The number of nitrogens with zero attached hydrogens (tertiary/aromatic N) is 1. The molecule has 0 aliphatic carbocycles. The zero-order valence-corrected chi connectivity index (χ0v) is 18.4. The highest BCUT2D eigenvalue weighted by Gasteiger charge is 2.12. The van der Waals surface area contributed by atoms with E-state index in [2.05, 4.69) is 5.32 Å². The second-order valence-corrected chi connectivity index (χ2v) is 8.29. The Bertz CT molecular complexity index is 1130. The van der Waals surface area contributed by atoms with Gasteiger partial charge in [-0.05, 0) is 60.2 Å². The molecular weight excluding hydrogens is 455 g/mol. The molecule has 3 rings (SSSR count). The number of hydrogen-bond donors (Lipinski definition) is 1. The van der Waals surface area contributed by atoms with Crippen LogP contribution in [0.25, 0.3) is 0 Å². The zero-order chi connectivity index (χ0) is 22.2. The number of nitriles is 1. The van der Waals surface area contributed by atoms with Gasteiger partial charge in [0.2, 0.25) is 0 Å². The van der Waals surface area contributed by atoms with Crippen LogP contribution < -0.4 is 5.32 Å². The van der Waals surface area contributed by atoms with Gasteiger partial charge >= 0.3 is 5.97 Å². The molecule has 1 N–H and O–H groups in total. The van der Waals surface area contributed by atoms with Crippen molar-refractivity contribution < 1.29 is 14.3 Å². The summed E-state index contributed by atoms with van der Waals surface area (Å²) < 4.78 is 5.06. The van der Waals surface area contributed by atoms with E-state index in [0.29, 0.717) is 15.6 Å². The molecule has 0 aliphatic heterocycles. The summed E-state index contributed by atoms with van der Waals surface area (Å²) in [5, 5.41) is 12.7. The number of carbonyl (C=O) groups is 2. The molecule has 0 fully saturated rings. The van der Waals surface area contributed by atoms with E-state index in [1.807, 2.05) is 42.5 Å². The van der Waals surface area contributed by atoms with E-state index in [1.54, 1.807) is 30.0 Å². The van der Waals surface area contributed by atoms with Gasteiger partial charge in [-0.2, -0.15) is 5.26 Å². The average Bonchev–Trinajstić information content (AvgIpc) is 2.77. The van der Waals surface area contributed by atoms with Crippen LogP contribution >= 0.6 is 35.0 Å². The molecule has 0 aromatic heterocycles. The van der Waals surface area contributed by atoms with Crippen LogP contribution in [0.1, 0.15) is 21.5 Å². The molecule has 0 atom stereocenters. The van der Waals surface area contributed by atoms with Crippen LogP contribution in [0.4, 0.5) is 5.69 Å². The van der Waals surface area contributed by atoms with Gasteiger partial charge in [-0.1, -0.05) is 35.3 Å². The first kappa shape index (κ1) is 22.7. The predicted molar refractivity (Wildman–Crippen MR) is 123 cm³/mol. The van der Waals surface area contributed by atoms with Crippen molar-refractivity contribution in [2.75, 3.05) is 11.9 Å². The average molecular weight is 471 g/mol. The summed E-state index contributed by atoms with van der Waals surface area (Å²) in [6, 6.07) is 21.0. The topological polar surface area (TPSA) is 79.2 Å². The van der Waals surface area contributed by atoms with Crippen LogP contribution in [0.3, 0.4) is 0 Å². The Labute approximate surface area is 193 Å². The number of nitrogens with one attached hydrogen (secondary N) is 1. The van der Waals surface area contributed by atoms with Gasteiger partial charge in [0.15, 0.2) is 6.61 Å². The van der Waals surface area contributed by atoms with Crippen molar-refractivity contribution in [3.63, 3.8) is 0 Å². The third kappa shape index (κ3) is 6.76. The highest BCUT2D eigenvalue weighted by Crippen LogP contribution is 2.24. The van der Waals surface area contributed by atoms with E-state index < -0.39 is 18.5 Å². The molecule has 0 spiro atoms. The van der Waals surface area contributed by atoms with Gasteiger partial charge in [0.25, 0.3) is 5.91 Å². The van der Waals surface area contributed by atoms with Crippen molar-refractivity contribution >= 4 is 52.5 Å². The Morgan fingerprint density at radius 3 is 2.32 bits per heavy atom. The first-order valence-corrected chi connectivity index (χ1v) is 10.8. The number of rotatable bonds is 7. The van der Waals surface area contributed by atoms with Crippen LogP contribution in [0, 0.1) is 11.3 Å². The molecule has 0 heterocycles. The molecule has 0 radical (unpaired) electrons. The fraction of sp³-hybridized carbons (Fsp3) is 0.0870. The van der Waals surface area contributed by atoms with Gasteiger partial charge in [0, 0.05) is 20.7 Å². The molecule has 31 heavy (non-hydrogen) atoms. The fourth-order valence-corrected chi connectivity index (χ4v) is 3.71. The summed E-state index contributed by atoms with van der Waals surface area (Å²) in [6.45, 7) is -0.482. The quantitative estimate of drug-likeness (QED) is 0.340. The Balaban J connectivity index is 1.50. The van der Waals surface area contributed by atoms with Crippen LogP contribution in [0.2, 0.25) is 10.0 Å². The lowest BCUT2D eigenvalue weighted by Crippen LogP contribution is -2.21. The molecule has 0 aliphatic rings. The number of thioether (sulfide) groups is 1. The summed E-state index contributed by atoms with van der Waals surface area (Å²) in [4.78, 5) is 25.4. The van der Waals surface area contributed by atoms with Crippen LogP contribution in [-0.4, -0.2) is 18.5 Å². The van der Waals surface area contributed by atoms with Crippen molar-refractivity contribution in [3.8, 4) is 6.07 Å². The summed E-state index contributed by atoms with van der Waals surface area (Å²) >= 11 is 13.4. The van der Waals surface area contributed by atoms with Gasteiger partial charge in [0.05, 0.1) is 16.8 Å². The second kappa shape index (κ2) is 10.9. The number of ether oxygens (including phenoxy) is 1. The monoisotopic (exact) mass is 470 g/mol. The molecule has 8 heteroatoms. The fourth-order valence-electron chi connectivity index (χ4n) is 2.55. The maximum absolute atomic E-state index is 12.2. The van der Waals surface area contributed by atoms with Crippen LogP contribution in [0.15, 0.2) is 71.6 Å². The lowest BCUT2D eigenvalue weighted by molar-refractivity contribution is -0.119. The first-order chi connectivity index (χ1) is 14.9. The van der Waals surface area contributed by atoms with Crippen LogP contribution in [-0.2, 0) is 15.3 Å². The zero-order valence-electron chi connectivity index (χ0n) is 16.1. The van der Waals surface area contributed by atoms with E-state index in [-0.39, 0.29) is 11.3 Å². The molecular formula is C23H16Cl2N2O3S. The minimum Gasteiger partial charge on any atom is -0.452 e. The van der Waals surface area contributed by atoms with Gasteiger partial charge < -0.3 is 10.1 Å². The lowest BCUT2D eigenvalue weighted by Gasteiger charge is -2.09. The maximum atomic E-state index is 12.2. The minimum atomic E-state index is -0.612. The number of hydrogen-bond acceptors (Lipinski definition) is 5. The maximum Gasteiger partial charge on any atom is 0.338 e. The Morgan fingerprint density at radius 1 is 0.968 bits per heavy atom. The number of benzene rings is 3. The van der Waals surface area contributed by atoms with Crippen molar-refractivity contribution in [1.29, 1.82) is 5.26 Å². The van der Waals surface area contributed by atoms with E-state index in [0.717, 1.165) is 16.2 Å². The number of carbonyl (C=O) groups excluding carboxylic acids is 2. The Hall–Kier alpha value is -2.98. The number of anilines is 1. The number of esters is 1. The van der Waals surface area contributed by atoms with Crippen molar-refractivity contribution in [3.05, 3.63) is 93.5 Å². The summed E-state index contributed by atoms with van der Waals surface area (Å²) in [5.74, 6) is -0.443. The second-order valence-electron chi connectivity index (χ2n) is 6.37. The molecule has 156 valence electrons. The molecule has 0 saturated heterocycles. The van der Waals surface area contributed by atoms with Crippen molar-refractivity contribution in [2.45, 2.75) is 10.6 Å². The van der Waals surface area contributed by atoms with Crippen LogP contribution in [0.5, 0.6) is 0 Å². The molecule has 3 aromatic carbocycles. The summed E-state index contributed by atoms with van der Waals surface area (Å²) in [7, 11) is 0. The van der Waals surface area contributed by atoms with Gasteiger partial charge in [-0.25, -0.2) is 4.79 Å². The normalized spacial score (nSPS) is 10.2. The minimum absolute atomic E-state index is 0.260. The molecule has 0 unspecified atom stereocenters. The Morgan fingerprint density at radius 2 is 1.65 bits per heavy atom. The molecule has 5 nitrogen and oxygen atoms in total.